The predicted molar refractivity (Wildman–Crippen MR) is 51.7 cm³/mol. The van der Waals surface area contributed by atoms with Gasteiger partial charge >= 0.3 is 0 Å². The molecule has 1 aromatic carbocycles. The fraction of sp³-hybridized carbons (Fsp3) is 0.143. The topological polar surface area (TPSA) is 147 Å². The number of hydrogen-bond acceptors (Lipinski definition) is 6. The summed E-state index contributed by atoms with van der Waals surface area (Å²) in [5, 5.41) is 10.4. The highest BCUT2D eigenvalue weighted by Crippen LogP contribution is 2.22. The fourth-order valence-electron chi connectivity index (χ4n) is 1.03. The molecule has 0 aliphatic rings. The van der Waals surface area contributed by atoms with Crippen molar-refractivity contribution in [1.29, 1.82) is 0 Å². The first-order valence-electron chi connectivity index (χ1n) is 3.73. The van der Waals surface area contributed by atoms with Crippen molar-refractivity contribution in [1.82, 2.24) is 0 Å². The summed E-state index contributed by atoms with van der Waals surface area (Å²) in [7, 11) is 0. The lowest BCUT2D eigenvalue weighted by Gasteiger charge is -2.20. The highest BCUT2D eigenvalue weighted by molar-refractivity contribution is 5.55. The van der Waals surface area contributed by atoms with E-state index in [0.29, 0.717) is 0 Å². The average molecular weight is 197 g/mol. The van der Waals surface area contributed by atoms with Crippen molar-refractivity contribution in [2.45, 2.75) is 5.79 Å². The zero-order valence-corrected chi connectivity index (χ0v) is 7.31. The molecule has 0 spiro atoms. The van der Waals surface area contributed by atoms with Crippen molar-refractivity contribution < 1.29 is 4.92 Å². The number of nitro groups is 1. The molecule has 76 valence electrons. The molecule has 0 radical (unpaired) electrons. The van der Waals surface area contributed by atoms with Crippen LogP contribution >= 0.6 is 0 Å². The Kier molecular flexibility index (Phi) is 2.39. The Balaban J connectivity index is 3.29. The third-order valence-electron chi connectivity index (χ3n) is 1.71. The molecule has 7 heteroatoms. The zero-order valence-electron chi connectivity index (χ0n) is 7.31. The van der Waals surface area contributed by atoms with E-state index in [2.05, 4.69) is 0 Å². The summed E-state index contributed by atoms with van der Waals surface area (Å²) in [6.45, 7) is 0. The van der Waals surface area contributed by atoms with Crippen LogP contribution < -0.4 is 22.9 Å². The molecule has 0 aliphatic carbocycles. The van der Waals surface area contributed by atoms with Gasteiger partial charge in [-0.15, -0.1) is 0 Å². The monoisotopic (exact) mass is 197 g/mol. The minimum absolute atomic E-state index is 0.145. The van der Waals surface area contributed by atoms with E-state index < -0.39 is 10.7 Å². The van der Waals surface area contributed by atoms with Gasteiger partial charge in [-0.05, 0) is 6.07 Å². The van der Waals surface area contributed by atoms with Crippen molar-refractivity contribution in [3.8, 4) is 0 Å². The van der Waals surface area contributed by atoms with Crippen molar-refractivity contribution in [3.63, 3.8) is 0 Å². The van der Waals surface area contributed by atoms with Gasteiger partial charge in [0.2, 0.25) is 0 Å². The Labute approximate surface area is 79.8 Å². The second-order valence-corrected chi connectivity index (χ2v) is 2.96. The first-order chi connectivity index (χ1) is 6.32. The molecule has 7 nitrogen and oxygen atoms in total. The molecule has 0 saturated carbocycles. The Hall–Kier alpha value is -1.70. The molecule has 8 N–H and O–H groups in total. The van der Waals surface area contributed by atoms with Crippen LogP contribution in [0.3, 0.4) is 0 Å². The maximum absolute atomic E-state index is 10.4. The molecule has 0 unspecified atom stereocenters. The largest absolute Gasteiger partial charge is 0.398 e. The maximum atomic E-state index is 10.4. The molecule has 0 aromatic heterocycles. The highest BCUT2D eigenvalue weighted by Gasteiger charge is 2.21. The van der Waals surface area contributed by atoms with Gasteiger partial charge in [0.1, 0.15) is 5.79 Å². The van der Waals surface area contributed by atoms with Crippen LogP contribution in [0.25, 0.3) is 0 Å². The molecule has 0 fully saturated rings. The fourth-order valence-corrected chi connectivity index (χ4v) is 1.03. The van der Waals surface area contributed by atoms with Gasteiger partial charge in [0.05, 0.1) is 4.92 Å². The lowest BCUT2D eigenvalue weighted by Crippen LogP contribution is -2.54. The third-order valence-corrected chi connectivity index (χ3v) is 1.71. The van der Waals surface area contributed by atoms with Crippen molar-refractivity contribution in [2.75, 3.05) is 5.73 Å². The number of nitrogens with two attached hydrogens (primary N) is 4. The summed E-state index contributed by atoms with van der Waals surface area (Å²) < 4.78 is 0. The number of nitrogens with zero attached hydrogens (tertiary/aromatic N) is 1. The van der Waals surface area contributed by atoms with Crippen LogP contribution in [0.4, 0.5) is 11.4 Å². The summed E-state index contributed by atoms with van der Waals surface area (Å²) in [6, 6.07) is 3.76. The number of benzene rings is 1. The molecule has 0 heterocycles. The van der Waals surface area contributed by atoms with Gasteiger partial charge < -0.3 is 5.73 Å². The normalized spacial score (nSPS) is 11.4. The maximum Gasteiger partial charge on any atom is 0.270 e. The first kappa shape index (κ1) is 10.4. The molecule has 0 aliphatic heterocycles. The van der Waals surface area contributed by atoms with Gasteiger partial charge in [-0.25, -0.2) is 0 Å². The molecule has 0 saturated heterocycles. The number of hydrogen-bond donors (Lipinski definition) is 4. The third kappa shape index (κ3) is 1.96. The van der Waals surface area contributed by atoms with Gasteiger partial charge in [-0.2, -0.15) is 0 Å². The Bertz CT molecular complexity index is 371. The molecule has 0 bridgehead atoms. The van der Waals surface area contributed by atoms with Crippen LogP contribution in [0, 0.1) is 10.1 Å². The van der Waals surface area contributed by atoms with E-state index in [9.17, 15) is 10.1 Å². The smallest absolute Gasteiger partial charge is 0.270 e. The Morgan fingerprint density at radius 1 is 1.29 bits per heavy atom. The average Bonchev–Trinajstić information content (AvgIpc) is 2.02. The van der Waals surface area contributed by atoms with Crippen LogP contribution in [0.1, 0.15) is 5.56 Å². The van der Waals surface area contributed by atoms with E-state index in [1.54, 1.807) is 0 Å². The Morgan fingerprint density at radius 2 is 1.86 bits per heavy atom. The van der Waals surface area contributed by atoms with Crippen molar-refractivity contribution >= 4 is 11.4 Å². The molecule has 0 atom stereocenters. The van der Waals surface area contributed by atoms with Gasteiger partial charge in [-0.1, -0.05) is 0 Å². The van der Waals surface area contributed by atoms with Gasteiger partial charge in [0.25, 0.3) is 5.69 Å². The minimum Gasteiger partial charge on any atom is -0.398 e. The van der Waals surface area contributed by atoms with E-state index in [1.807, 2.05) is 0 Å². The van der Waals surface area contributed by atoms with Gasteiger partial charge in [0.15, 0.2) is 0 Å². The minimum atomic E-state index is -1.67. The SMILES string of the molecule is Nc1ccc([N+](=O)[O-])cc1C(N)(N)N. The van der Waals surface area contributed by atoms with E-state index in [1.165, 1.54) is 12.1 Å². The van der Waals surface area contributed by atoms with Crippen LogP contribution in [0.5, 0.6) is 0 Å². The molecule has 14 heavy (non-hydrogen) atoms. The quantitative estimate of drug-likeness (QED) is 0.210. The van der Waals surface area contributed by atoms with Crippen molar-refractivity contribution in [3.05, 3.63) is 33.9 Å². The number of non-ortho nitro benzene ring substituents is 1. The number of anilines is 1. The predicted octanol–water partition coefficient (Wildman–Crippen LogP) is -0.837. The number of nitro benzene ring substituents is 1. The first-order valence-corrected chi connectivity index (χ1v) is 3.73. The molecule has 1 rings (SSSR count). The second kappa shape index (κ2) is 3.22. The van der Waals surface area contributed by atoms with Crippen LogP contribution in [-0.4, -0.2) is 4.92 Å². The second-order valence-electron chi connectivity index (χ2n) is 2.96. The van der Waals surface area contributed by atoms with Gasteiger partial charge in [0, 0.05) is 23.4 Å². The van der Waals surface area contributed by atoms with E-state index in [-0.39, 0.29) is 16.9 Å². The van der Waals surface area contributed by atoms with E-state index in [4.69, 9.17) is 22.9 Å². The lowest BCUT2D eigenvalue weighted by molar-refractivity contribution is -0.384. The summed E-state index contributed by atoms with van der Waals surface area (Å²) in [5.41, 5.74) is 21.9. The lowest BCUT2D eigenvalue weighted by atomic mass is 10.1. The summed E-state index contributed by atoms with van der Waals surface area (Å²) in [4.78, 5) is 9.86. The number of rotatable bonds is 2. The zero-order chi connectivity index (χ0) is 10.9. The summed E-state index contributed by atoms with van der Waals surface area (Å²) >= 11 is 0. The Morgan fingerprint density at radius 3 is 2.29 bits per heavy atom. The van der Waals surface area contributed by atoms with Crippen LogP contribution in [0.2, 0.25) is 0 Å². The van der Waals surface area contributed by atoms with Crippen LogP contribution in [0.15, 0.2) is 18.2 Å². The highest BCUT2D eigenvalue weighted by atomic mass is 16.6. The number of nitrogen functional groups attached to an aromatic ring is 1. The van der Waals surface area contributed by atoms with Crippen molar-refractivity contribution in [2.24, 2.45) is 17.2 Å². The molecular formula is C7H11N5O2. The van der Waals surface area contributed by atoms with E-state index >= 15 is 0 Å². The molecule has 1 aromatic rings. The van der Waals surface area contributed by atoms with Crippen LogP contribution in [-0.2, 0) is 5.79 Å². The summed E-state index contributed by atoms with van der Waals surface area (Å²) in [6.07, 6.45) is 0. The molecular weight excluding hydrogens is 186 g/mol. The van der Waals surface area contributed by atoms with E-state index in [0.717, 1.165) is 6.07 Å². The summed E-state index contributed by atoms with van der Waals surface area (Å²) in [5.74, 6) is -1.67. The molecule has 0 amide bonds. The standard InChI is InChI=1S/C7H11N5O2/c8-6-2-1-4(12(13)14)3-5(6)7(9,10)11/h1-3H,8-11H2. The van der Waals surface area contributed by atoms with Gasteiger partial charge in [-0.3, -0.25) is 27.3 Å².